The van der Waals surface area contributed by atoms with Crippen LogP contribution in [0.3, 0.4) is 0 Å². The van der Waals surface area contributed by atoms with E-state index < -0.39 is 0 Å². The van der Waals surface area contributed by atoms with Gasteiger partial charge in [0.15, 0.2) is 0 Å². The highest BCUT2D eigenvalue weighted by molar-refractivity contribution is 5.93. The smallest absolute Gasteiger partial charge is 0.260 e. The first kappa shape index (κ1) is 16.3. The molecule has 0 bridgehead atoms. The van der Waals surface area contributed by atoms with Gasteiger partial charge in [0, 0.05) is 25.2 Å². The molecule has 1 amide bonds. The number of carbonyl (C=O) groups is 1. The van der Waals surface area contributed by atoms with E-state index in [0.717, 1.165) is 30.6 Å². The molecular weight excluding hydrogens is 328 g/mol. The van der Waals surface area contributed by atoms with Crippen molar-refractivity contribution in [3.05, 3.63) is 64.4 Å². The van der Waals surface area contributed by atoms with Crippen LogP contribution in [0.1, 0.15) is 24.8 Å². The van der Waals surface area contributed by atoms with Gasteiger partial charge in [0.2, 0.25) is 11.9 Å². The van der Waals surface area contributed by atoms with Crippen LogP contribution in [0.4, 0.5) is 11.6 Å². The number of H-pyrrole nitrogens is 1. The topological polar surface area (TPSA) is 78.1 Å². The highest BCUT2D eigenvalue weighted by Crippen LogP contribution is 2.21. The quantitative estimate of drug-likeness (QED) is 0.760. The Morgan fingerprint density at radius 3 is 2.65 bits per heavy atom. The molecule has 0 unspecified atom stereocenters. The van der Waals surface area contributed by atoms with E-state index in [0.29, 0.717) is 29.8 Å². The highest BCUT2D eigenvalue weighted by Gasteiger charge is 2.19. The number of hydrogen-bond acceptors (Lipinski definition) is 4. The van der Waals surface area contributed by atoms with Gasteiger partial charge >= 0.3 is 0 Å². The van der Waals surface area contributed by atoms with Crippen molar-refractivity contribution in [3.8, 4) is 0 Å². The predicted octanol–water partition coefficient (Wildman–Crippen LogP) is 3.05. The Kier molecular flexibility index (Phi) is 4.39. The third-order valence-electron chi connectivity index (χ3n) is 4.64. The standard InChI is InChI=1S/C20H20N4O2/c25-18-7-3-4-12-24(18)15-10-8-14(9-11-15)13-21-20-22-17-6-2-1-5-16(17)19(26)23-20/h1-2,5-6,8-11H,3-4,7,12-13H2,(H2,21,22,23,26). The summed E-state index contributed by atoms with van der Waals surface area (Å²) in [6, 6.07) is 15.2. The summed E-state index contributed by atoms with van der Waals surface area (Å²) in [5.74, 6) is 0.643. The summed E-state index contributed by atoms with van der Waals surface area (Å²) in [6.45, 7) is 1.33. The maximum Gasteiger partial charge on any atom is 0.260 e. The summed E-state index contributed by atoms with van der Waals surface area (Å²) in [7, 11) is 0. The number of rotatable bonds is 4. The van der Waals surface area contributed by atoms with Gasteiger partial charge in [-0.3, -0.25) is 14.6 Å². The van der Waals surface area contributed by atoms with Gasteiger partial charge in [-0.1, -0.05) is 24.3 Å². The Bertz CT molecular complexity index is 995. The van der Waals surface area contributed by atoms with Gasteiger partial charge in [0.1, 0.15) is 0 Å². The van der Waals surface area contributed by atoms with Gasteiger partial charge in [-0.2, -0.15) is 0 Å². The van der Waals surface area contributed by atoms with Crippen molar-refractivity contribution in [2.75, 3.05) is 16.8 Å². The zero-order valence-electron chi connectivity index (χ0n) is 14.4. The number of fused-ring (bicyclic) bond motifs is 1. The molecule has 1 fully saturated rings. The fourth-order valence-corrected chi connectivity index (χ4v) is 3.23. The van der Waals surface area contributed by atoms with Crippen LogP contribution in [0, 0.1) is 0 Å². The molecule has 3 aromatic rings. The van der Waals surface area contributed by atoms with Gasteiger partial charge < -0.3 is 10.2 Å². The number of amides is 1. The molecule has 6 nitrogen and oxygen atoms in total. The highest BCUT2D eigenvalue weighted by atomic mass is 16.2. The number of anilines is 2. The second-order valence-corrected chi connectivity index (χ2v) is 6.45. The van der Waals surface area contributed by atoms with Crippen molar-refractivity contribution in [3.63, 3.8) is 0 Å². The predicted molar refractivity (Wildman–Crippen MR) is 102 cm³/mol. The average Bonchev–Trinajstić information content (AvgIpc) is 2.67. The molecule has 2 aromatic carbocycles. The molecule has 132 valence electrons. The Labute approximate surface area is 150 Å². The van der Waals surface area contributed by atoms with E-state index in [1.165, 1.54) is 0 Å². The monoisotopic (exact) mass is 348 g/mol. The fraction of sp³-hybridized carbons (Fsp3) is 0.250. The number of aromatic nitrogens is 2. The summed E-state index contributed by atoms with van der Waals surface area (Å²) < 4.78 is 0. The number of para-hydroxylation sites is 1. The van der Waals surface area contributed by atoms with E-state index in [4.69, 9.17) is 0 Å². The lowest BCUT2D eigenvalue weighted by atomic mass is 10.1. The maximum atomic E-state index is 12.1. The molecule has 1 aromatic heterocycles. The second-order valence-electron chi connectivity index (χ2n) is 6.45. The fourth-order valence-electron chi connectivity index (χ4n) is 3.23. The number of piperidine rings is 1. The molecule has 1 aliphatic heterocycles. The second kappa shape index (κ2) is 7.00. The lowest BCUT2D eigenvalue weighted by Gasteiger charge is -2.26. The number of benzene rings is 2. The first-order chi connectivity index (χ1) is 12.7. The minimum atomic E-state index is -0.156. The molecule has 2 N–H and O–H groups in total. The van der Waals surface area contributed by atoms with E-state index in [-0.39, 0.29) is 11.5 Å². The third kappa shape index (κ3) is 3.31. The Balaban J connectivity index is 1.46. The largest absolute Gasteiger partial charge is 0.352 e. The average molecular weight is 348 g/mol. The molecule has 0 atom stereocenters. The van der Waals surface area contributed by atoms with Crippen molar-refractivity contribution >= 4 is 28.4 Å². The van der Waals surface area contributed by atoms with Gasteiger partial charge in [-0.25, -0.2) is 4.98 Å². The molecule has 0 spiro atoms. The summed E-state index contributed by atoms with van der Waals surface area (Å²) in [6.07, 6.45) is 2.66. The minimum Gasteiger partial charge on any atom is -0.352 e. The number of nitrogens with zero attached hydrogens (tertiary/aromatic N) is 2. The van der Waals surface area contributed by atoms with Crippen LogP contribution in [-0.2, 0) is 11.3 Å². The van der Waals surface area contributed by atoms with E-state index in [1.54, 1.807) is 6.07 Å². The van der Waals surface area contributed by atoms with Gasteiger partial charge in [-0.05, 0) is 42.7 Å². The van der Waals surface area contributed by atoms with E-state index in [2.05, 4.69) is 15.3 Å². The summed E-state index contributed by atoms with van der Waals surface area (Å²) in [4.78, 5) is 33.1. The molecule has 2 heterocycles. The van der Waals surface area contributed by atoms with Crippen molar-refractivity contribution < 1.29 is 4.79 Å². The molecule has 26 heavy (non-hydrogen) atoms. The Hall–Kier alpha value is -3.15. The van der Waals surface area contributed by atoms with Gasteiger partial charge in [-0.15, -0.1) is 0 Å². The van der Waals surface area contributed by atoms with Crippen LogP contribution in [-0.4, -0.2) is 22.4 Å². The maximum absolute atomic E-state index is 12.1. The van der Waals surface area contributed by atoms with E-state index in [9.17, 15) is 9.59 Å². The normalized spacial score (nSPS) is 14.6. The van der Waals surface area contributed by atoms with E-state index in [1.807, 2.05) is 47.4 Å². The Morgan fingerprint density at radius 2 is 1.85 bits per heavy atom. The minimum absolute atomic E-state index is 0.156. The summed E-state index contributed by atoms with van der Waals surface area (Å²) in [5.41, 5.74) is 2.50. The summed E-state index contributed by atoms with van der Waals surface area (Å²) >= 11 is 0. The lowest BCUT2D eigenvalue weighted by Crippen LogP contribution is -2.35. The van der Waals surface area contributed by atoms with Crippen LogP contribution in [0.15, 0.2) is 53.3 Å². The van der Waals surface area contributed by atoms with Crippen molar-refractivity contribution in [2.45, 2.75) is 25.8 Å². The van der Waals surface area contributed by atoms with Crippen LogP contribution in [0.2, 0.25) is 0 Å². The van der Waals surface area contributed by atoms with Crippen molar-refractivity contribution in [1.29, 1.82) is 0 Å². The molecule has 0 radical (unpaired) electrons. The number of carbonyl (C=O) groups excluding carboxylic acids is 1. The number of aromatic amines is 1. The third-order valence-corrected chi connectivity index (χ3v) is 4.64. The van der Waals surface area contributed by atoms with Crippen LogP contribution in [0.25, 0.3) is 10.9 Å². The van der Waals surface area contributed by atoms with Crippen molar-refractivity contribution in [2.24, 2.45) is 0 Å². The summed E-state index contributed by atoms with van der Waals surface area (Å²) in [5, 5.41) is 3.73. The van der Waals surface area contributed by atoms with E-state index >= 15 is 0 Å². The first-order valence-electron chi connectivity index (χ1n) is 8.83. The molecule has 1 saturated heterocycles. The van der Waals surface area contributed by atoms with Crippen molar-refractivity contribution in [1.82, 2.24) is 9.97 Å². The first-order valence-corrected chi connectivity index (χ1v) is 8.83. The molecule has 1 aliphatic rings. The zero-order valence-corrected chi connectivity index (χ0v) is 14.4. The van der Waals surface area contributed by atoms with Crippen LogP contribution in [0.5, 0.6) is 0 Å². The van der Waals surface area contributed by atoms with Crippen LogP contribution < -0.4 is 15.8 Å². The van der Waals surface area contributed by atoms with Gasteiger partial charge in [0.25, 0.3) is 5.56 Å². The van der Waals surface area contributed by atoms with Gasteiger partial charge in [0.05, 0.1) is 10.9 Å². The molecule has 0 saturated carbocycles. The molecule has 4 rings (SSSR count). The van der Waals surface area contributed by atoms with Crippen LogP contribution >= 0.6 is 0 Å². The molecular formula is C20H20N4O2. The molecule has 0 aliphatic carbocycles. The molecule has 6 heteroatoms. The number of hydrogen-bond donors (Lipinski definition) is 2. The lowest BCUT2D eigenvalue weighted by molar-refractivity contribution is -0.119. The zero-order chi connectivity index (χ0) is 17.9. The number of nitrogens with one attached hydrogen (secondary N) is 2. The SMILES string of the molecule is O=C1CCCCN1c1ccc(CNc2nc3ccccc3c(=O)[nH]2)cc1. The Morgan fingerprint density at radius 1 is 1.04 bits per heavy atom.